The number of halogens is 2. The third kappa shape index (κ3) is 2.60. The van der Waals surface area contributed by atoms with Gasteiger partial charge in [-0.15, -0.1) is 0 Å². The first-order chi connectivity index (χ1) is 9.39. The fourth-order valence-electron chi connectivity index (χ4n) is 2.45. The number of amides is 1. The van der Waals surface area contributed by atoms with Gasteiger partial charge in [0.25, 0.3) is 5.91 Å². The van der Waals surface area contributed by atoms with Crippen molar-refractivity contribution in [3.05, 3.63) is 28.5 Å². The van der Waals surface area contributed by atoms with Crippen molar-refractivity contribution in [2.24, 2.45) is 0 Å². The number of nitrogens with one attached hydrogen (secondary N) is 1. The molecular weight excluding hydrogens is 285 g/mol. The third-order valence-corrected chi connectivity index (χ3v) is 4.31. The van der Waals surface area contributed by atoms with Gasteiger partial charge >= 0.3 is 0 Å². The van der Waals surface area contributed by atoms with Crippen molar-refractivity contribution in [1.82, 2.24) is 5.32 Å². The monoisotopic (exact) mass is 301 g/mol. The first-order valence-corrected chi connectivity index (χ1v) is 6.81. The summed E-state index contributed by atoms with van der Waals surface area (Å²) < 4.78 is 18.9. The second kappa shape index (κ2) is 5.58. The molecule has 1 saturated carbocycles. The zero-order chi connectivity index (χ0) is 14.9. The summed E-state index contributed by atoms with van der Waals surface area (Å²) in [5.74, 6) is -2.01. The second-order valence-corrected chi connectivity index (χ2v) is 5.51. The molecule has 2 rings (SSSR count). The van der Waals surface area contributed by atoms with Gasteiger partial charge in [0.2, 0.25) is 0 Å². The molecule has 1 amide bonds. The number of aromatic hydroxyl groups is 1. The van der Waals surface area contributed by atoms with Gasteiger partial charge in [-0.1, -0.05) is 11.6 Å². The van der Waals surface area contributed by atoms with E-state index >= 15 is 0 Å². The number of rotatable bonds is 4. The van der Waals surface area contributed by atoms with E-state index in [2.05, 4.69) is 5.32 Å². The Bertz CT molecular complexity index is 503. The molecule has 0 aliphatic heterocycles. The Labute approximate surface area is 121 Å². The third-order valence-electron chi connectivity index (χ3n) is 4.02. The number of methoxy groups -OCH3 is 1. The van der Waals surface area contributed by atoms with E-state index in [0.717, 1.165) is 25.3 Å². The summed E-state index contributed by atoms with van der Waals surface area (Å²) in [5.41, 5.74) is -0.266. The van der Waals surface area contributed by atoms with Crippen molar-refractivity contribution in [2.45, 2.75) is 37.8 Å². The van der Waals surface area contributed by atoms with Crippen molar-refractivity contribution in [3.63, 3.8) is 0 Å². The predicted molar refractivity (Wildman–Crippen MR) is 73.6 cm³/mol. The molecule has 0 radical (unpaired) electrons. The highest BCUT2D eigenvalue weighted by Crippen LogP contribution is 2.38. The molecule has 110 valence electrons. The fraction of sp³-hybridized carbons (Fsp3) is 0.500. The Morgan fingerprint density at radius 2 is 2.20 bits per heavy atom. The minimum Gasteiger partial charge on any atom is -0.504 e. The molecule has 1 unspecified atom stereocenters. The van der Waals surface area contributed by atoms with Crippen LogP contribution in [-0.2, 0) is 4.74 Å². The molecule has 1 fully saturated rings. The maximum Gasteiger partial charge on any atom is 0.251 e. The van der Waals surface area contributed by atoms with E-state index in [1.165, 1.54) is 6.07 Å². The molecule has 1 aromatic rings. The molecule has 0 bridgehead atoms. The topological polar surface area (TPSA) is 58.6 Å². The Balaban J connectivity index is 2.12. The number of hydrogen-bond donors (Lipinski definition) is 2. The minimum absolute atomic E-state index is 0.0720. The van der Waals surface area contributed by atoms with Crippen LogP contribution in [0.1, 0.15) is 36.5 Å². The zero-order valence-electron chi connectivity index (χ0n) is 11.4. The molecule has 0 saturated heterocycles. The van der Waals surface area contributed by atoms with Crippen molar-refractivity contribution in [1.29, 1.82) is 0 Å². The fourth-order valence-corrected chi connectivity index (χ4v) is 2.66. The Kier molecular flexibility index (Phi) is 4.20. The number of ether oxygens (including phenoxy) is 1. The number of benzene rings is 1. The van der Waals surface area contributed by atoms with E-state index in [4.69, 9.17) is 16.3 Å². The predicted octanol–water partition coefficient (Wildman–Crippen LogP) is 2.87. The van der Waals surface area contributed by atoms with Gasteiger partial charge in [0.05, 0.1) is 16.7 Å². The SMILES string of the molecule is COC1(C(C)NC(=O)c2cc(F)c(O)c(Cl)c2)CCC1. The first-order valence-electron chi connectivity index (χ1n) is 6.43. The van der Waals surface area contributed by atoms with Crippen LogP contribution >= 0.6 is 11.6 Å². The number of phenols is 1. The van der Waals surface area contributed by atoms with E-state index in [9.17, 15) is 14.3 Å². The summed E-state index contributed by atoms with van der Waals surface area (Å²) in [7, 11) is 1.62. The van der Waals surface area contributed by atoms with Crippen LogP contribution in [0.25, 0.3) is 0 Å². The van der Waals surface area contributed by atoms with Crippen molar-refractivity contribution < 1.29 is 19.0 Å². The van der Waals surface area contributed by atoms with Gasteiger partial charge in [-0.25, -0.2) is 4.39 Å². The van der Waals surface area contributed by atoms with Crippen LogP contribution in [-0.4, -0.2) is 29.8 Å². The van der Waals surface area contributed by atoms with Crippen LogP contribution in [0.15, 0.2) is 12.1 Å². The molecule has 2 N–H and O–H groups in total. The lowest BCUT2D eigenvalue weighted by molar-refractivity contribution is -0.0919. The van der Waals surface area contributed by atoms with E-state index in [1.807, 2.05) is 6.92 Å². The number of carbonyl (C=O) groups excluding carboxylic acids is 1. The quantitative estimate of drug-likeness (QED) is 0.899. The van der Waals surface area contributed by atoms with Gasteiger partial charge in [0, 0.05) is 12.7 Å². The van der Waals surface area contributed by atoms with Crippen LogP contribution < -0.4 is 5.32 Å². The lowest BCUT2D eigenvalue weighted by atomic mass is 9.75. The summed E-state index contributed by atoms with van der Waals surface area (Å²) in [6.07, 6.45) is 2.83. The average molecular weight is 302 g/mol. The molecule has 20 heavy (non-hydrogen) atoms. The largest absolute Gasteiger partial charge is 0.504 e. The molecule has 0 aromatic heterocycles. The highest BCUT2D eigenvalue weighted by Gasteiger charge is 2.42. The van der Waals surface area contributed by atoms with E-state index in [-0.39, 0.29) is 22.2 Å². The van der Waals surface area contributed by atoms with Crippen molar-refractivity contribution in [2.75, 3.05) is 7.11 Å². The molecule has 1 aliphatic carbocycles. The summed E-state index contributed by atoms with van der Waals surface area (Å²) >= 11 is 5.66. The maximum atomic E-state index is 13.4. The van der Waals surface area contributed by atoms with Crippen molar-refractivity contribution in [3.8, 4) is 5.75 Å². The second-order valence-electron chi connectivity index (χ2n) is 5.11. The Morgan fingerprint density at radius 3 is 2.65 bits per heavy atom. The smallest absolute Gasteiger partial charge is 0.251 e. The van der Waals surface area contributed by atoms with E-state index in [1.54, 1.807) is 7.11 Å². The van der Waals surface area contributed by atoms with Crippen LogP contribution in [0.2, 0.25) is 5.02 Å². The molecule has 6 heteroatoms. The van der Waals surface area contributed by atoms with Crippen molar-refractivity contribution >= 4 is 17.5 Å². The maximum absolute atomic E-state index is 13.4. The zero-order valence-corrected chi connectivity index (χ0v) is 12.1. The van der Waals surface area contributed by atoms with Crippen LogP contribution in [0, 0.1) is 5.82 Å². The van der Waals surface area contributed by atoms with Gasteiger partial charge in [-0.05, 0) is 38.3 Å². The highest BCUT2D eigenvalue weighted by molar-refractivity contribution is 6.32. The first kappa shape index (κ1) is 15.1. The standard InChI is InChI=1S/C14H17ClFNO3/c1-8(14(20-2)4-3-5-14)17-13(19)9-6-10(15)12(18)11(16)7-9/h6-8,18H,3-5H2,1-2H3,(H,17,19). The lowest BCUT2D eigenvalue weighted by Gasteiger charge is -2.45. The Hall–Kier alpha value is -1.33. The van der Waals surface area contributed by atoms with Gasteiger partial charge in [-0.3, -0.25) is 4.79 Å². The molecule has 0 heterocycles. The summed E-state index contributed by atoms with van der Waals surface area (Å²) in [4.78, 5) is 12.1. The van der Waals surface area contributed by atoms with Gasteiger partial charge < -0.3 is 15.2 Å². The van der Waals surface area contributed by atoms with Crippen LogP contribution in [0.5, 0.6) is 5.75 Å². The number of carbonyl (C=O) groups is 1. The molecule has 1 aromatic carbocycles. The number of phenolic OH excluding ortho intramolecular Hbond substituents is 1. The molecule has 0 spiro atoms. The molecule has 1 aliphatic rings. The summed E-state index contributed by atoms with van der Waals surface area (Å²) in [6.45, 7) is 1.86. The van der Waals surface area contributed by atoms with E-state index < -0.39 is 17.5 Å². The molecule has 4 nitrogen and oxygen atoms in total. The summed E-state index contributed by atoms with van der Waals surface area (Å²) in [6, 6.07) is 2.01. The minimum atomic E-state index is -0.916. The van der Waals surface area contributed by atoms with Gasteiger partial charge in [0.15, 0.2) is 11.6 Å². The van der Waals surface area contributed by atoms with Crippen LogP contribution in [0.4, 0.5) is 4.39 Å². The Morgan fingerprint density at radius 1 is 1.55 bits per heavy atom. The summed E-state index contributed by atoms with van der Waals surface area (Å²) in [5, 5.41) is 11.9. The normalized spacial score (nSPS) is 18.2. The van der Waals surface area contributed by atoms with Gasteiger partial charge in [0.1, 0.15) is 0 Å². The molecular formula is C14H17ClFNO3. The molecule has 1 atom stereocenters. The lowest BCUT2D eigenvalue weighted by Crippen LogP contribution is -2.56. The van der Waals surface area contributed by atoms with Gasteiger partial charge in [-0.2, -0.15) is 0 Å². The number of hydrogen-bond acceptors (Lipinski definition) is 3. The highest BCUT2D eigenvalue weighted by atomic mass is 35.5. The van der Waals surface area contributed by atoms with E-state index in [0.29, 0.717) is 0 Å². The van der Waals surface area contributed by atoms with Crippen LogP contribution in [0.3, 0.4) is 0 Å². The average Bonchev–Trinajstić information content (AvgIpc) is 2.34.